The van der Waals surface area contributed by atoms with Crippen LogP contribution in [0, 0.1) is 5.92 Å². The topological polar surface area (TPSA) is 54.5 Å². The number of alkyl halides is 3. The molecule has 1 aliphatic heterocycles. The maximum atomic E-state index is 12.9. The number of piperidine rings is 1. The molecule has 0 radical (unpaired) electrons. The number of ketones is 2. The second-order valence-electron chi connectivity index (χ2n) is 6.73. The Morgan fingerprint density at radius 1 is 0.929 bits per heavy atom. The predicted octanol–water partition coefficient (Wildman–Crippen LogP) is 4.01. The molecule has 1 amide bonds. The number of benzene rings is 2. The fraction of sp³-hybridized carbons (Fsp3) is 0.286. The van der Waals surface area contributed by atoms with E-state index in [0.29, 0.717) is 19.4 Å². The van der Waals surface area contributed by atoms with E-state index in [1.54, 1.807) is 18.2 Å². The van der Waals surface area contributed by atoms with E-state index >= 15 is 0 Å². The van der Waals surface area contributed by atoms with Crippen molar-refractivity contribution in [2.24, 2.45) is 5.92 Å². The van der Waals surface area contributed by atoms with Gasteiger partial charge in [0.05, 0.1) is 5.56 Å². The van der Waals surface area contributed by atoms with E-state index in [9.17, 15) is 27.6 Å². The van der Waals surface area contributed by atoms with Crippen molar-refractivity contribution in [3.8, 4) is 0 Å². The molecular weight excluding hydrogens is 371 g/mol. The van der Waals surface area contributed by atoms with Crippen LogP contribution in [0.2, 0.25) is 0 Å². The number of rotatable bonds is 4. The average molecular weight is 389 g/mol. The van der Waals surface area contributed by atoms with Crippen molar-refractivity contribution in [1.82, 2.24) is 4.90 Å². The molecule has 28 heavy (non-hydrogen) atoms. The first-order valence-electron chi connectivity index (χ1n) is 8.87. The lowest BCUT2D eigenvalue weighted by atomic mass is 9.89. The number of carbonyl (C=O) groups is 3. The summed E-state index contributed by atoms with van der Waals surface area (Å²) in [4.78, 5) is 38.9. The van der Waals surface area contributed by atoms with Gasteiger partial charge in [0.15, 0.2) is 5.78 Å². The van der Waals surface area contributed by atoms with Crippen LogP contribution in [0.25, 0.3) is 0 Å². The van der Waals surface area contributed by atoms with Gasteiger partial charge in [0.2, 0.25) is 5.78 Å². The van der Waals surface area contributed by atoms with Crippen LogP contribution in [-0.2, 0) is 11.0 Å². The zero-order chi connectivity index (χ0) is 20.3. The first-order valence-corrected chi connectivity index (χ1v) is 8.87. The van der Waals surface area contributed by atoms with E-state index in [4.69, 9.17) is 0 Å². The van der Waals surface area contributed by atoms with Gasteiger partial charge in [0.25, 0.3) is 5.91 Å². The summed E-state index contributed by atoms with van der Waals surface area (Å²) in [6.07, 6.45) is -3.57. The van der Waals surface area contributed by atoms with Crippen LogP contribution < -0.4 is 0 Å². The monoisotopic (exact) mass is 389 g/mol. The third-order valence-corrected chi connectivity index (χ3v) is 4.78. The Morgan fingerprint density at radius 3 is 2.29 bits per heavy atom. The highest BCUT2D eigenvalue weighted by Gasteiger charge is 2.34. The van der Waals surface area contributed by atoms with E-state index in [1.165, 1.54) is 29.2 Å². The van der Waals surface area contributed by atoms with Crippen LogP contribution in [-0.4, -0.2) is 35.5 Å². The number of amides is 1. The maximum Gasteiger partial charge on any atom is 0.416 e. The van der Waals surface area contributed by atoms with Crippen molar-refractivity contribution in [1.29, 1.82) is 0 Å². The summed E-state index contributed by atoms with van der Waals surface area (Å²) in [6.45, 7) is 0.357. The average Bonchev–Trinajstić information content (AvgIpc) is 2.72. The molecule has 2 aromatic carbocycles. The summed E-state index contributed by atoms with van der Waals surface area (Å²) in [5.74, 6) is -2.44. The Bertz CT molecular complexity index is 893. The molecule has 1 heterocycles. The van der Waals surface area contributed by atoms with Gasteiger partial charge in [-0.15, -0.1) is 0 Å². The minimum Gasteiger partial charge on any atom is -0.335 e. The molecule has 0 saturated carbocycles. The van der Waals surface area contributed by atoms with Crippen molar-refractivity contribution in [2.75, 3.05) is 13.1 Å². The SMILES string of the molecule is O=C(C(=O)N1CCCC(C(=O)c2cccc(C(F)(F)F)c2)C1)c1ccccc1. The van der Waals surface area contributed by atoms with Crippen molar-refractivity contribution in [2.45, 2.75) is 19.0 Å². The third-order valence-electron chi connectivity index (χ3n) is 4.78. The molecule has 2 aromatic rings. The molecule has 0 spiro atoms. The highest BCUT2D eigenvalue weighted by molar-refractivity contribution is 6.42. The van der Waals surface area contributed by atoms with Gasteiger partial charge >= 0.3 is 6.18 Å². The Balaban J connectivity index is 1.73. The van der Waals surface area contributed by atoms with E-state index in [0.717, 1.165) is 12.1 Å². The first kappa shape index (κ1) is 19.8. The normalized spacial score (nSPS) is 17.2. The smallest absolute Gasteiger partial charge is 0.335 e. The number of hydrogen-bond donors (Lipinski definition) is 0. The summed E-state index contributed by atoms with van der Waals surface area (Å²) >= 11 is 0. The van der Waals surface area contributed by atoms with Gasteiger partial charge in [-0.1, -0.05) is 42.5 Å². The second kappa shape index (κ2) is 7.96. The van der Waals surface area contributed by atoms with Crippen LogP contribution in [0.3, 0.4) is 0 Å². The van der Waals surface area contributed by atoms with Gasteiger partial charge in [-0.3, -0.25) is 14.4 Å². The van der Waals surface area contributed by atoms with Crippen LogP contribution in [0.4, 0.5) is 13.2 Å². The molecule has 3 rings (SSSR count). The summed E-state index contributed by atoms with van der Waals surface area (Å²) < 4.78 is 38.7. The lowest BCUT2D eigenvalue weighted by molar-refractivity contribution is -0.137. The molecule has 1 fully saturated rings. The number of hydrogen-bond acceptors (Lipinski definition) is 3. The molecule has 7 heteroatoms. The van der Waals surface area contributed by atoms with E-state index in [-0.39, 0.29) is 17.7 Å². The second-order valence-corrected chi connectivity index (χ2v) is 6.73. The lowest BCUT2D eigenvalue weighted by Gasteiger charge is -2.31. The highest BCUT2D eigenvalue weighted by Crippen LogP contribution is 2.30. The number of nitrogens with zero attached hydrogens (tertiary/aromatic N) is 1. The number of likely N-dealkylation sites (tertiary alicyclic amines) is 1. The Labute approximate surface area is 160 Å². The molecule has 4 nitrogen and oxygen atoms in total. The maximum absolute atomic E-state index is 12.9. The van der Waals surface area contributed by atoms with Gasteiger partial charge in [-0.05, 0) is 25.0 Å². The summed E-state index contributed by atoms with van der Waals surface area (Å²) in [5, 5.41) is 0. The van der Waals surface area contributed by atoms with Crippen molar-refractivity contribution < 1.29 is 27.6 Å². The largest absolute Gasteiger partial charge is 0.416 e. The molecule has 1 aliphatic rings. The third kappa shape index (κ3) is 4.30. The molecule has 1 unspecified atom stereocenters. The van der Waals surface area contributed by atoms with E-state index in [1.807, 2.05) is 0 Å². The Morgan fingerprint density at radius 2 is 1.61 bits per heavy atom. The number of carbonyl (C=O) groups excluding carboxylic acids is 3. The quantitative estimate of drug-likeness (QED) is 0.587. The minimum absolute atomic E-state index is 0.0203. The van der Waals surface area contributed by atoms with Gasteiger partial charge in [0.1, 0.15) is 0 Å². The molecule has 0 bridgehead atoms. The number of halogens is 3. The fourth-order valence-corrected chi connectivity index (χ4v) is 3.32. The summed E-state index contributed by atoms with van der Waals surface area (Å²) in [6, 6.07) is 12.4. The van der Waals surface area contributed by atoms with Crippen LogP contribution >= 0.6 is 0 Å². The summed E-state index contributed by atoms with van der Waals surface area (Å²) in [5.41, 5.74) is -0.663. The van der Waals surface area contributed by atoms with E-state index in [2.05, 4.69) is 0 Å². The van der Waals surface area contributed by atoms with Gasteiger partial charge in [0, 0.05) is 30.1 Å². The van der Waals surface area contributed by atoms with Crippen molar-refractivity contribution in [3.05, 3.63) is 71.3 Å². The van der Waals surface area contributed by atoms with Crippen LogP contribution in [0.5, 0.6) is 0 Å². The van der Waals surface area contributed by atoms with E-state index < -0.39 is 35.1 Å². The predicted molar refractivity (Wildman–Crippen MR) is 95.9 cm³/mol. The zero-order valence-electron chi connectivity index (χ0n) is 14.9. The van der Waals surface area contributed by atoms with Gasteiger partial charge < -0.3 is 4.90 Å². The van der Waals surface area contributed by atoms with Crippen molar-refractivity contribution >= 4 is 17.5 Å². The summed E-state index contributed by atoms with van der Waals surface area (Å²) in [7, 11) is 0. The lowest BCUT2D eigenvalue weighted by Crippen LogP contribution is -2.45. The van der Waals surface area contributed by atoms with Gasteiger partial charge in [-0.2, -0.15) is 13.2 Å². The molecule has 0 aliphatic carbocycles. The number of Topliss-reactive ketones (excluding diaryl/α,β-unsaturated/α-hetero) is 2. The zero-order valence-corrected chi connectivity index (χ0v) is 14.9. The molecule has 0 aromatic heterocycles. The van der Waals surface area contributed by atoms with Crippen LogP contribution in [0.1, 0.15) is 39.1 Å². The Kier molecular flexibility index (Phi) is 5.63. The molecule has 146 valence electrons. The fourth-order valence-electron chi connectivity index (χ4n) is 3.32. The highest BCUT2D eigenvalue weighted by atomic mass is 19.4. The Hall–Kier alpha value is -2.96. The molecule has 0 N–H and O–H groups in total. The standard InChI is InChI=1S/C21H18F3NO3/c22-21(23,24)17-10-4-8-15(12-17)18(26)16-9-5-11-25(13-16)20(28)19(27)14-6-2-1-3-7-14/h1-4,6-8,10,12,16H,5,9,11,13H2. The first-order chi connectivity index (χ1) is 13.3. The molecule has 1 saturated heterocycles. The molecular formula is C21H18F3NO3. The van der Waals surface area contributed by atoms with Crippen LogP contribution in [0.15, 0.2) is 54.6 Å². The minimum atomic E-state index is -4.53. The van der Waals surface area contributed by atoms with Crippen molar-refractivity contribution in [3.63, 3.8) is 0 Å². The van der Waals surface area contributed by atoms with Gasteiger partial charge in [-0.25, -0.2) is 0 Å². The molecule has 1 atom stereocenters.